The minimum atomic E-state index is -0.114. The second-order valence-electron chi connectivity index (χ2n) is 5.34. The van der Waals surface area contributed by atoms with Gasteiger partial charge in [0.25, 0.3) is 0 Å². The summed E-state index contributed by atoms with van der Waals surface area (Å²) in [6, 6.07) is 0.392. The van der Waals surface area contributed by atoms with Gasteiger partial charge in [0.05, 0.1) is 0 Å². The molecule has 4 nitrogen and oxygen atoms in total. The van der Waals surface area contributed by atoms with Gasteiger partial charge in [-0.1, -0.05) is 0 Å². The Morgan fingerprint density at radius 1 is 1.33 bits per heavy atom. The molecule has 88 valence electrons. The molecule has 0 atom stereocenters. The van der Waals surface area contributed by atoms with Gasteiger partial charge in [-0.3, -0.25) is 0 Å². The molecule has 0 bridgehead atoms. The molecule has 1 aliphatic rings. The highest BCUT2D eigenvalue weighted by atomic mass is 16.2. The van der Waals surface area contributed by atoms with Crippen molar-refractivity contribution >= 4 is 6.03 Å². The van der Waals surface area contributed by atoms with Gasteiger partial charge in [0.1, 0.15) is 0 Å². The lowest BCUT2D eigenvalue weighted by Gasteiger charge is -2.38. The van der Waals surface area contributed by atoms with Crippen LogP contribution in [0.5, 0.6) is 0 Å². The molecule has 1 aliphatic heterocycles. The fourth-order valence-corrected chi connectivity index (χ4v) is 1.59. The average Bonchev–Trinajstić information content (AvgIpc) is 2.15. The summed E-state index contributed by atoms with van der Waals surface area (Å²) in [5.41, 5.74) is 5.69. The standard InChI is InChI=1S/C11H23N3O/c1-11(2,3)13(4)10(15)14-7-5-9(12)6-8-14/h9H,5-8,12H2,1-4H3. The Morgan fingerprint density at radius 3 is 2.20 bits per heavy atom. The number of urea groups is 1. The normalized spacial score (nSPS) is 19.1. The molecule has 0 aromatic rings. The van der Waals surface area contributed by atoms with Crippen LogP contribution in [0.4, 0.5) is 4.79 Å². The highest BCUT2D eigenvalue weighted by Gasteiger charge is 2.28. The minimum absolute atomic E-state index is 0.114. The number of amides is 2. The fourth-order valence-electron chi connectivity index (χ4n) is 1.59. The van der Waals surface area contributed by atoms with E-state index >= 15 is 0 Å². The molecular weight excluding hydrogens is 190 g/mol. The molecule has 0 radical (unpaired) electrons. The van der Waals surface area contributed by atoms with Gasteiger partial charge in [0.15, 0.2) is 0 Å². The summed E-state index contributed by atoms with van der Waals surface area (Å²) in [5.74, 6) is 0. The fraction of sp³-hybridized carbons (Fsp3) is 0.909. The van der Waals surface area contributed by atoms with Crippen molar-refractivity contribution in [2.24, 2.45) is 5.73 Å². The minimum Gasteiger partial charge on any atom is -0.328 e. The van der Waals surface area contributed by atoms with Crippen LogP contribution < -0.4 is 5.73 Å². The second-order valence-corrected chi connectivity index (χ2v) is 5.34. The SMILES string of the molecule is CN(C(=O)N1CCC(N)CC1)C(C)(C)C. The molecule has 0 unspecified atom stereocenters. The van der Waals surface area contributed by atoms with E-state index in [2.05, 4.69) is 0 Å². The summed E-state index contributed by atoms with van der Waals surface area (Å²) < 4.78 is 0. The van der Waals surface area contributed by atoms with Gasteiger partial charge < -0.3 is 15.5 Å². The van der Waals surface area contributed by atoms with Crippen LogP contribution in [0.2, 0.25) is 0 Å². The first-order valence-corrected chi connectivity index (χ1v) is 5.60. The van der Waals surface area contributed by atoms with Crippen LogP contribution in [0.1, 0.15) is 33.6 Å². The molecule has 0 aromatic carbocycles. The third-order valence-corrected chi connectivity index (χ3v) is 3.10. The van der Waals surface area contributed by atoms with Gasteiger partial charge in [-0.05, 0) is 33.6 Å². The molecule has 4 heteroatoms. The van der Waals surface area contributed by atoms with Crippen LogP contribution >= 0.6 is 0 Å². The predicted octanol–water partition coefficient (Wildman–Crippen LogP) is 1.26. The highest BCUT2D eigenvalue weighted by molar-refractivity contribution is 5.75. The first-order chi connectivity index (χ1) is 6.82. The zero-order chi connectivity index (χ0) is 11.6. The summed E-state index contributed by atoms with van der Waals surface area (Å²) in [5, 5.41) is 0. The molecule has 1 rings (SSSR count). The third-order valence-electron chi connectivity index (χ3n) is 3.10. The van der Waals surface area contributed by atoms with E-state index in [-0.39, 0.29) is 17.6 Å². The van der Waals surface area contributed by atoms with E-state index in [0.717, 1.165) is 25.9 Å². The number of piperidine rings is 1. The van der Waals surface area contributed by atoms with E-state index < -0.39 is 0 Å². The summed E-state index contributed by atoms with van der Waals surface area (Å²) >= 11 is 0. The number of carbonyl (C=O) groups excluding carboxylic acids is 1. The Morgan fingerprint density at radius 2 is 1.80 bits per heavy atom. The second kappa shape index (κ2) is 4.39. The molecule has 0 spiro atoms. The van der Waals surface area contributed by atoms with Crippen LogP contribution in [0.25, 0.3) is 0 Å². The van der Waals surface area contributed by atoms with Gasteiger partial charge >= 0.3 is 6.03 Å². The lowest BCUT2D eigenvalue weighted by Crippen LogP contribution is -2.52. The van der Waals surface area contributed by atoms with E-state index in [1.807, 2.05) is 32.7 Å². The van der Waals surface area contributed by atoms with Crippen molar-refractivity contribution in [1.82, 2.24) is 9.80 Å². The number of likely N-dealkylation sites (tertiary alicyclic amines) is 1. The van der Waals surface area contributed by atoms with Gasteiger partial charge in [0.2, 0.25) is 0 Å². The van der Waals surface area contributed by atoms with Crippen molar-refractivity contribution in [3.63, 3.8) is 0 Å². The monoisotopic (exact) mass is 213 g/mol. The summed E-state index contributed by atoms with van der Waals surface area (Å²) in [7, 11) is 1.86. The van der Waals surface area contributed by atoms with Crippen LogP contribution in [0.15, 0.2) is 0 Å². The Balaban J connectivity index is 2.54. The molecule has 1 saturated heterocycles. The summed E-state index contributed by atoms with van der Waals surface area (Å²) in [6.45, 7) is 7.71. The molecule has 1 heterocycles. The lowest BCUT2D eigenvalue weighted by atomic mass is 10.1. The average molecular weight is 213 g/mol. The number of hydrogen-bond donors (Lipinski definition) is 1. The first-order valence-electron chi connectivity index (χ1n) is 5.60. The zero-order valence-corrected chi connectivity index (χ0v) is 10.3. The highest BCUT2D eigenvalue weighted by Crippen LogP contribution is 2.16. The topological polar surface area (TPSA) is 49.6 Å². The van der Waals surface area contributed by atoms with Crippen LogP contribution in [0.3, 0.4) is 0 Å². The molecule has 15 heavy (non-hydrogen) atoms. The zero-order valence-electron chi connectivity index (χ0n) is 10.3. The van der Waals surface area contributed by atoms with Crippen LogP contribution in [-0.2, 0) is 0 Å². The van der Waals surface area contributed by atoms with Crippen molar-refractivity contribution in [2.75, 3.05) is 20.1 Å². The summed E-state index contributed by atoms with van der Waals surface area (Å²) in [4.78, 5) is 15.8. The van der Waals surface area contributed by atoms with E-state index in [4.69, 9.17) is 5.73 Å². The van der Waals surface area contributed by atoms with Gasteiger partial charge in [-0.2, -0.15) is 0 Å². The molecule has 0 aliphatic carbocycles. The molecule has 2 amide bonds. The molecular formula is C11H23N3O. The molecule has 1 fully saturated rings. The van der Waals surface area contributed by atoms with Gasteiger partial charge in [-0.15, -0.1) is 0 Å². The molecule has 2 N–H and O–H groups in total. The number of hydrogen-bond acceptors (Lipinski definition) is 2. The summed E-state index contributed by atoms with van der Waals surface area (Å²) in [6.07, 6.45) is 1.84. The van der Waals surface area contributed by atoms with E-state index in [0.29, 0.717) is 0 Å². The van der Waals surface area contributed by atoms with Crippen molar-refractivity contribution in [3.8, 4) is 0 Å². The van der Waals surface area contributed by atoms with Crippen LogP contribution in [0, 0.1) is 0 Å². The Bertz CT molecular complexity index is 226. The van der Waals surface area contributed by atoms with Crippen molar-refractivity contribution in [3.05, 3.63) is 0 Å². The largest absolute Gasteiger partial charge is 0.328 e. The van der Waals surface area contributed by atoms with Crippen molar-refractivity contribution in [2.45, 2.75) is 45.2 Å². The third kappa shape index (κ3) is 3.09. The predicted molar refractivity (Wildman–Crippen MR) is 61.7 cm³/mol. The quantitative estimate of drug-likeness (QED) is 0.658. The maximum Gasteiger partial charge on any atom is 0.320 e. The Labute approximate surface area is 92.4 Å². The lowest BCUT2D eigenvalue weighted by molar-refractivity contribution is 0.116. The van der Waals surface area contributed by atoms with Crippen molar-refractivity contribution < 1.29 is 4.79 Å². The van der Waals surface area contributed by atoms with E-state index in [1.54, 1.807) is 4.90 Å². The van der Waals surface area contributed by atoms with E-state index in [9.17, 15) is 4.79 Å². The van der Waals surface area contributed by atoms with E-state index in [1.165, 1.54) is 0 Å². The van der Waals surface area contributed by atoms with Gasteiger partial charge in [0, 0.05) is 31.7 Å². The Kier molecular flexibility index (Phi) is 3.60. The molecule has 0 aromatic heterocycles. The number of carbonyl (C=O) groups is 1. The maximum atomic E-state index is 12.1. The number of rotatable bonds is 0. The number of nitrogens with two attached hydrogens (primary N) is 1. The Hall–Kier alpha value is -0.770. The van der Waals surface area contributed by atoms with Crippen molar-refractivity contribution in [1.29, 1.82) is 0 Å². The van der Waals surface area contributed by atoms with Gasteiger partial charge in [-0.25, -0.2) is 4.79 Å². The smallest absolute Gasteiger partial charge is 0.320 e. The van der Waals surface area contributed by atoms with Crippen LogP contribution in [-0.4, -0.2) is 47.5 Å². The number of nitrogens with zero attached hydrogens (tertiary/aromatic N) is 2. The maximum absolute atomic E-state index is 12.1. The molecule has 0 saturated carbocycles. The first kappa shape index (κ1) is 12.3.